The van der Waals surface area contributed by atoms with Gasteiger partial charge in [0.15, 0.2) is 11.5 Å². The Balaban J connectivity index is 1.96. The topological polar surface area (TPSA) is 114 Å². The molecule has 2 amide bonds. The molecule has 0 radical (unpaired) electrons. The fourth-order valence-corrected chi connectivity index (χ4v) is 5.21. The van der Waals surface area contributed by atoms with E-state index >= 15 is 0 Å². The van der Waals surface area contributed by atoms with Gasteiger partial charge in [-0.05, 0) is 49.6 Å². The second kappa shape index (κ2) is 13.4. The molecule has 208 valence electrons. The van der Waals surface area contributed by atoms with Crippen LogP contribution in [0.15, 0.2) is 42.5 Å². The molecule has 0 saturated carbocycles. The molecule has 0 aromatic heterocycles. The van der Waals surface area contributed by atoms with Gasteiger partial charge in [0.2, 0.25) is 28.6 Å². The largest absolute Gasteiger partial charge is 0.497 e. The third-order valence-corrected chi connectivity index (χ3v) is 8.07. The zero-order valence-electron chi connectivity index (χ0n) is 22.4. The number of ether oxygens (including phenoxy) is 3. The standard InChI is InChI=1S/C27H37N3O7S/c1-5-8-14-28-27(32)23(6-2)29(17-20-10-9-11-22(15-20)35-4)26(31)18-30(38(33,34)7-3)21-12-13-24-25(16-21)37-19-36-24/h9-13,15-16,23H,5-8,14,17-19H2,1-4H3,(H,28,32)/t23-/m1/s1. The van der Waals surface area contributed by atoms with E-state index in [9.17, 15) is 18.0 Å². The molecule has 10 nitrogen and oxygen atoms in total. The van der Waals surface area contributed by atoms with Crippen molar-refractivity contribution in [1.82, 2.24) is 10.2 Å². The first kappa shape index (κ1) is 29.1. The molecule has 0 spiro atoms. The number of carbonyl (C=O) groups is 2. The minimum Gasteiger partial charge on any atom is -0.497 e. The van der Waals surface area contributed by atoms with Crippen LogP contribution in [0.4, 0.5) is 5.69 Å². The van der Waals surface area contributed by atoms with Gasteiger partial charge in [0.25, 0.3) is 0 Å². The molecule has 1 heterocycles. The zero-order chi connectivity index (χ0) is 27.7. The highest BCUT2D eigenvalue weighted by atomic mass is 32.2. The maximum absolute atomic E-state index is 13.9. The van der Waals surface area contributed by atoms with Gasteiger partial charge in [-0.3, -0.25) is 13.9 Å². The van der Waals surface area contributed by atoms with Crippen molar-refractivity contribution in [2.75, 3.05) is 37.1 Å². The first-order valence-electron chi connectivity index (χ1n) is 12.8. The number of hydrogen-bond donors (Lipinski definition) is 1. The van der Waals surface area contributed by atoms with E-state index in [0.29, 0.717) is 30.2 Å². The van der Waals surface area contributed by atoms with Crippen LogP contribution in [0.2, 0.25) is 0 Å². The van der Waals surface area contributed by atoms with Crippen LogP contribution in [0.5, 0.6) is 17.2 Å². The van der Waals surface area contributed by atoms with E-state index in [0.717, 1.165) is 22.7 Å². The summed E-state index contributed by atoms with van der Waals surface area (Å²) in [5, 5.41) is 2.91. The number of unbranched alkanes of at least 4 members (excludes halogenated alkanes) is 1. The summed E-state index contributed by atoms with van der Waals surface area (Å²) in [7, 11) is -2.29. The average Bonchev–Trinajstić information content (AvgIpc) is 3.39. The number of nitrogens with zero attached hydrogens (tertiary/aromatic N) is 2. The van der Waals surface area contributed by atoms with Crippen LogP contribution < -0.4 is 23.8 Å². The Hall–Kier alpha value is -3.47. The summed E-state index contributed by atoms with van der Waals surface area (Å²) >= 11 is 0. The van der Waals surface area contributed by atoms with E-state index in [1.165, 1.54) is 11.8 Å². The van der Waals surface area contributed by atoms with Gasteiger partial charge in [-0.1, -0.05) is 32.4 Å². The second-order valence-corrected chi connectivity index (χ2v) is 11.1. The molecule has 11 heteroatoms. The average molecular weight is 548 g/mol. The van der Waals surface area contributed by atoms with E-state index in [1.54, 1.807) is 43.5 Å². The van der Waals surface area contributed by atoms with Gasteiger partial charge >= 0.3 is 0 Å². The Morgan fingerprint density at radius 2 is 1.84 bits per heavy atom. The van der Waals surface area contributed by atoms with Gasteiger partial charge in [0, 0.05) is 19.2 Å². The zero-order valence-corrected chi connectivity index (χ0v) is 23.3. The summed E-state index contributed by atoms with van der Waals surface area (Å²) in [5.74, 6) is 0.542. The number of hydrogen-bond acceptors (Lipinski definition) is 7. The van der Waals surface area contributed by atoms with Gasteiger partial charge in [-0.15, -0.1) is 0 Å². The Labute approximate surface area is 224 Å². The molecule has 0 saturated heterocycles. The number of amides is 2. The van der Waals surface area contributed by atoms with Crippen molar-refractivity contribution < 1.29 is 32.2 Å². The Morgan fingerprint density at radius 3 is 2.53 bits per heavy atom. The lowest BCUT2D eigenvalue weighted by molar-refractivity contribution is -0.140. The minimum atomic E-state index is -3.84. The normalized spacial score (nSPS) is 13.1. The molecule has 2 aromatic carbocycles. The van der Waals surface area contributed by atoms with Crippen molar-refractivity contribution >= 4 is 27.5 Å². The molecule has 2 aromatic rings. The number of sulfonamides is 1. The van der Waals surface area contributed by atoms with Gasteiger partial charge < -0.3 is 24.4 Å². The van der Waals surface area contributed by atoms with Gasteiger partial charge in [-0.25, -0.2) is 8.42 Å². The molecule has 0 bridgehead atoms. The minimum absolute atomic E-state index is 0.0396. The molecule has 1 N–H and O–H groups in total. The highest BCUT2D eigenvalue weighted by Crippen LogP contribution is 2.36. The lowest BCUT2D eigenvalue weighted by Gasteiger charge is -2.33. The monoisotopic (exact) mass is 547 g/mol. The highest BCUT2D eigenvalue weighted by Gasteiger charge is 2.33. The van der Waals surface area contributed by atoms with E-state index in [4.69, 9.17) is 14.2 Å². The first-order chi connectivity index (χ1) is 18.2. The highest BCUT2D eigenvalue weighted by molar-refractivity contribution is 7.92. The van der Waals surface area contributed by atoms with E-state index in [-0.39, 0.29) is 30.7 Å². The maximum atomic E-state index is 13.9. The Bertz CT molecular complexity index is 1220. The van der Waals surface area contributed by atoms with Crippen LogP contribution in [0.25, 0.3) is 0 Å². The number of carbonyl (C=O) groups excluding carboxylic acids is 2. The Kier molecular flexibility index (Phi) is 10.2. The van der Waals surface area contributed by atoms with Crippen molar-refractivity contribution in [3.05, 3.63) is 48.0 Å². The number of rotatable bonds is 14. The third-order valence-electron chi connectivity index (χ3n) is 6.33. The fourth-order valence-electron chi connectivity index (χ4n) is 4.15. The second-order valence-electron chi connectivity index (χ2n) is 8.89. The number of fused-ring (bicyclic) bond motifs is 1. The molecule has 1 aliphatic rings. The molecule has 0 unspecified atom stereocenters. The summed E-state index contributed by atoms with van der Waals surface area (Å²) in [6.07, 6.45) is 2.10. The predicted molar refractivity (Wildman–Crippen MR) is 145 cm³/mol. The summed E-state index contributed by atoms with van der Waals surface area (Å²) < 4.78 is 43.4. The molecule has 1 atom stereocenters. The van der Waals surface area contributed by atoms with E-state index < -0.39 is 28.5 Å². The van der Waals surface area contributed by atoms with Crippen LogP contribution in [0, 0.1) is 0 Å². The number of benzene rings is 2. The van der Waals surface area contributed by atoms with Crippen LogP contribution in [-0.4, -0.2) is 63.9 Å². The summed E-state index contributed by atoms with van der Waals surface area (Å²) in [4.78, 5) is 28.5. The molecule has 1 aliphatic heterocycles. The SMILES string of the molecule is CCCCNC(=O)[C@@H](CC)N(Cc1cccc(OC)c1)C(=O)CN(c1ccc2c(c1)OCO2)S(=O)(=O)CC. The maximum Gasteiger partial charge on any atom is 0.244 e. The Morgan fingerprint density at radius 1 is 1.08 bits per heavy atom. The molecular formula is C27H37N3O7S. The predicted octanol–water partition coefficient (Wildman–Crippen LogP) is 3.30. The van der Waals surface area contributed by atoms with Crippen LogP contribution in [-0.2, 0) is 26.2 Å². The fraction of sp³-hybridized carbons (Fsp3) is 0.481. The van der Waals surface area contributed by atoms with Crippen molar-refractivity contribution in [2.24, 2.45) is 0 Å². The third kappa shape index (κ3) is 7.09. The van der Waals surface area contributed by atoms with Crippen molar-refractivity contribution in [3.63, 3.8) is 0 Å². The van der Waals surface area contributed by atoms with Crippen molar-refractivity contribution in [3.8, 4) is 17.2 Å². The molecule has 0 aliphatic carbocycles. The number of nitrogens with one attached hydrogen (secondary N) is 1. The summed E-state index contributed by atoms with van der Waals surface area (Å²) in [5.41, 5.74) is 1.04. The molecule has 3 rings (SSSR count). The molecule has 38 heavy (non-hydrogen) atoms. The van der Waals surface area contributed by atoms with Crippen molar-refractivity contribution in [2.45, 2.75) is 52.6 Å². The smallest absolute Gasteiger partial charge is 0.244 e. The number of methoxy groups -OCH3 is 1. The van der Waals surface area contributed by atoms with Crippen molar-refractivity contribution in [1.29, 1.82) is 0 Å². The first-order valence-corrected chi connectivity index (χ1v) is 14.4. The van der Waals surface area contributed by atoms with E-state index in [2.05, 4.69) is 5.32 Å². The van der Waals surface area contributed by atoms with Gasteiger partial charge in [0.05, 0.1) is 18.6 Å². The molecule has 0 fully saturated rings. The van der Waals surface area contributed by atoms with Crippen LogP contribution >= 0.6 is 0 Å². The van der Waals surface area contributed by atoms with Crippen LogP contribution in [0.1, 0.15) is 45.6 Å². The quantitative estimate of drug-likeness (QED) is 0.361. The lowest BCUT2D eigenvalue weighted by Crippen LogP contribution is -2.52. The number of anilines is 1. The van der Waals surface area contributed by atoms with Gasteiger partial charge in [-0.2, -0.15) is 0 Å². The molecular weight excluding hydrogens is 510 g/mol. The van der Waals surface area contributed by atoms with Crippen LogP contribution in [0.3, 0.4) is 0 Å². The van der Waals surface area contributed by atoms with E-state index in [1.807, 2.05) is 19.9 Å². The lowest BCUT2D eigenvalue weighted by atomic mass is 10.1. The van der Waals surface area contributed by atoms with Gasteiger partial charge in [0.1, 0.15) is 18.3 Å². The summed E-state index contributed by atoms with van der Waals surface area (Å²) in [6, 6.07) is 11.2. The summed E-state index contributed by atoms with van der Waals surface area (Å²) in [6.45, 7) is 5.55.